The topological polar surface area (TPSA) is 107 Å². The lowest BCUT2D eigenvalue weighted by Crippen LogP contribution is -2.33. The summed E-state index contributed by atoms with van der Waals surface area (Å²) in [5.41, 5.74) is -5.53. The smallest absolute Gasteiger partial charge is 0.379 e. The molecule has 0 aliphatic heterocycles. The maximum atomic E-state index is 10.7. The zero-order valence-corrected chi connectivity index (χ0v) is 8.67. The summed E-state index contributed by atoms with van der Waals surface area (Å²) in [4.78, 5) is 0. The second-order valence-electron chi connectivity index (χ2n) is 2.44. The number of nitrogens with one attached hydrogen (secondary N) is 1. The first-order valence-corrected chi connectivity index (χ1v) is 4.98. The fraction of sp³-hybridized carbons (Fsp3) is 1.00. The van der Waals surface area contributed by atoms with Gasteiger partial charge >= 0.3 is 15.6 Å². The van der Waals surface area contributed by atoms with Crippen LogP contribution in [0, 0.1) is 0 Å². The number of aliphatic hydroxyl groups is 2. The molecule has 4 N–H and O–H groups in total. The van der Waals surface area contributed by atoms with Gasteiger partial charge in [-0.05, 0) is 13.8 Å². The molecule has 0 heterocycles. The Morgan fingerprint density at radius 3 is 1.33 bits per heavy atom. The summed E-state index contributed by atoms with van der Waals surface area (Å²) >= 11 is 0. The number of hydrogen-bond donors (Lipinski definition) is 4. The van der Waals surface area contributed by atoms with Gasteiger partial charge in [0.2, 0.25) is 0 Å². The van der Waals surface area contributed by atoms with Gasteiger partial charge in [0.15, 0.2) is 0 Å². The lowest BCUT2D eigenvalue weighted by Gasteiger charge is -2.08. The number of alkyl halides is 3. The van der Waals surface area contributed by atoms with Crippen LogP contribution in [0.4, 0.5) is 13.2 Å². The predicted octanol–water partition coefficient (Wildman–Crippen LogP) is -0.353. The third-order valence-electron chi connectivity index (χ3n) is 0.775. The van der Waals surface area contributed by atoms with E-state index in [-0.39, 0.29) is 0 Å². The SMILES string of the molecule is CC(O)NC(C)O.O=S(=O)(O)C(F)(F)F. The molecule has 0 aromatic carbocycles. The summed E-state index contributed by atoms with van der Waals surface area (Å²) in [7, 11) is -5.84. The summed E-state index contributed by atoms with van der Waals surface area (Å²) < 4.78 is 57.5. The predicted molar refractivity (Wildman–Crippen MR) is 44.1 cm³/mol. The Hall–Kier alpha value is -0.420. The molecule has 0 amide bonds. The summed E-state index contributed by atoms with van der Waals surface area (Å²) in [5.74, 6) is 0. The minimum absolute atomic E-state index is 0.625. The highest BCUT2D eigenvalue weighted by Crippen LogP contribution is 2.20. The largest absolute Gasteiger partial charge is 0.522 e. The first-order valence-electron chi connectivity index (χ1n) is 3.54. The van der Waals surface area contributed by atoms with Crippen molar-refractivity contribution in [3.05, 3.63) is 0 Å². The molecule has 0 fully saturated rings. The van der Waals surface area contributed by atoms with E-state index < -0.39 is 28.1 Å². The Labute approximate surface area is 84.5 Å². The van der Waals surface area contributed by atoms with Crippen LogP contribution in [0.25, 0.3) is 0 Å². The molecular formula is C5H12F3NO5S. The quantitative estimate of drug-likeness (QED) is 0.305. The van der Waals surface area contributed by atoms with Crippen molar-refractivity contribution in [3.63, 3.8) is 0 Å². The van der Waals surface area contributed by atoms with Gasteiger partial charge in [-0.25, -0.2) is 0 Å². The van der Waals surface area contributed by atoms with Crippen molar-refractivity contribution in [1.29, 1.82) is 0 Å². The third kappa shape index (κ3) is 11.5. The zero-order chi connectivity index (χ0) is 12.9. The fourth-order valence-electron chi connectivity index (χ4n) is 0.349. The molecule has 94 valence electrons. The molecule has 0 saturated heterocycles. The van der Waals surface area contributed by atoms with E-state index in [1.54, 1.807) is 13.8 Å². The minimum Gasteiger partial charge on any atom is -0.379 e. The van der Waals surface area contributed by atoms with Crippen molar-refractivity contribution in [1.82, 2.24) is 5.32 Å². The van der Waals surface area contributed by atoms with Gasteiger partial charge in [0, 0.05) is 0 Å². The Balaban J connectivity index is 0. The Kier molecular flexibility index (Phi) is 7.05. The van der Waals surface area contributed by atoms with E-state index in [4.69, 9.17) is 23.2 Å². The van der Waals surface area contributed by atoms with Gasteiger partial charge in [-0.1, -0.05) is 0 Å². The van der Waals surface area contributed by atoms with E-state index in [1.165, 1.54) is 0 Å². The molecule has 0 saturated carbocycles. The van der Waals surface area contributed by atoms with Crippen LogP contribution in [0.5, 0.6) is 0 Å². The molecule has 15 heavy (non-hydrogen) atoms. The molecule has 0 bridgehead atoms. The number of hydrogen-bond acceptors (Lipinski definition) is 5. The van der Waals surface area contributed by atoms with E-state index >= 15 is 0 Å². The number of halogens is 3. The minimum atomic E-state index is -5.84. The molecule has 0 radical (unpaired) electrons. The van der Waals surface area contributed by atoms with Gasteiger partial charge < -0.3 is 10.2 Å². The summed E-state index contributed by atoms with van der Waals surface area (Å²) in [6.45, 7) is 3.10. The molecule has 0 aliphatic carbocycles. The van der Waals surface area contributed by atoms with Crippen molar-refractivity contribution >= 4 is 10.1 Å². The van der Waals surface area contributed by atoms with E-state index in [0.717, 1.165) is 0 Å². The van der Waals surface area contributed by atoms with Gasteiger partial charge in [-0.15, -0.1) is 0 Å². The number of rotatable bonds is 2. The Morgan fingerprint density at radius 1 is 1.13 bits per heavy atom. The molecule has 0 rings (SSSR count). The van der Waals surface area contributed by atoms with Crippen molar-refractivity contribution < 1.29 is 36.4 Å². The zero-order valence-electron chi connectivity index (χ0n) is 7.85. The molecule has 0 aliphatic rings. The lowest BCUT2D eigenvalue weighted by atomic mass is 10.6. The van der Waals surface area contributed by atoms with Gasteiger partial charge in [0.1, 0.15) is 12.5 Å². The lowest BCUT2D eigenvalue weighted by molar-refractivity contribution is -0.0510. The van der Waals surface area contributed by atoms with Crippen LogP contribution in [0.2, 0.25) is 0 Å². The monoisotopic (exact) mass is 255 g/mol. The molecule has 2 unspecified atom stereocenters. The maximum Gasteiger partial charge on any atom is 0.522 e. The van der Waals surface area contributed by atoms with Crippen LogP contribution in [-0.2, 0) is 10.1 Å². The fourth-order valence-corrected chi connectivity index (χ4v) is 0.349. The van der Waals surface area contributed by atoms with Crippen LogP contribution < -0.4 is 5.32 Å². The molecular weight excluding hydrogens is 243 g/mol. The summed E-state index contributed by atoms with van der Waals surface area (Å²) in [6.07, 6.45) is -1.25. The average Bonchev–Trinajstić information content (AvgIpc) is 1.78. The van der Waals surface area contributed by atoms with E-state index in [9.17, 15) is 13.2 Å². The van der Waals surface area contributed by atoms with Crippen molar-refractivity contribution in [3.8, 4) is 0 Å². The third-order valence-corrected chi connectivity index (χ3v) is 1.36. The second-order valence-corrected chi connectivity index (χ2v) is 3.85. The van der Waals surface area contributed by atoms with Crippen molar-refractivity contribution in [2.24, 2.45) is 0 Å². The Bertz CT molecular complexity index is 254. The Morgan fingerprint density at radius 2 is 1.33 bits per heavy atom. The maximum absolute atomic E-state index is 10.7. The van der Waals surface area contributed by atoms with Gasteiger partial charge in [0.05, 0.1) is 0 Å². The molecule has 0 aromatic rings. The van der Waals surface area contributed by atoms with Crippen LogP contribution in [0.3, 0.4) is 0 Å². The van der Waals surface area contributed by atoms with E-state index in [2.05, 4.69) is 5.32 Å². The normalized spacial score (nSPS) is 16.3. The molecule has 6 nitrogen and oxygen atoms in total. The van der Waals surface area contributed by atoms with Crippen LogP contribution in [-0.4, -0.2) is 41.1 Å². The van der Waals surface area contributed by atoms with Crippen molar-refractivity contribution in [2.75, 3.05) is 0 Å². The van der Waals surface area contributed by atoms with E-state index in [0.29, 0.717) is 0 Å². The highest BCUT2D eigenvalue weighted by atomic mass is 32.2. The van der Waals surface area contributed by atoms with Crippen LogP contribution in [0.1, 0.15) is 13.8 Å². The van der Waals surface area contributed by atoms with Gasteiger partial charge in [-0.3, -0.25) is 9.87 Å². The van der Waals surface area contributed by atoms with E-state index in [1.807, 2.05) is 0 Å². The second kappa shape index (κ2) is 6.23. The van der Waals surface area contributed by atoms with Crippen molar-refractivity contribution in [2.45, 2.75) is 31.8 Å². The summed E-state index contributed by atoms with van der Waals surface area (Å²) in [6, 6.07) is 0. The molecule has 2 atom stereocenters. The molecule has 0 aromatic heterocycles. The summed E-state index contributed by atoms with van der Waals surface area (Å²) in [5, 5.41) is 19.3. The van der Waals surface area contributed by atoms with Crippen LogP contribution in [0.15, 0.2) is 0 Å². The van der Waals surface area contributed by atoms with Gasteiger partial charge in [0.25, 0.3) is 0 Å². The standard InChI is InChI=1S/C4H11NO2.CHF3O3S/c1-3(6)5-4(2)7;2-1(3,4)8(5,6)7/h3-7H,1-2H3;(H,5,6,7). The van der Waals surface area contributed by atoms with Crippen LogP contribution >= 0.6 is 0 Å². The van der Waals surface area contributed by atoms with Gasteiger partial charge in [-0.2, -0.15) is 21.6 Å². The molecule has 0 spiro atoms. The first kappa shape index (κ1) is 17.0. The highest BCUT2D eigenvalue weighted by molar-refractivity contribution is 7.86. The molecule has 10 heteroatoms. The average molecular weight is 255 g/mol. The number of aliphatic hydroxyl groups excluding tert-OH is 2. The highest BCUT2D eigenvalue weighted by Gasteiger charge is 2.44. The first-order chi connectivity index (χ1) is 6.38.